The van der Waals surface area contributed by atoms with Gasteiger partial charge in [0, 0.05) is 17.7 Å². The second-order valence-corrected chi connectivity index (χ2v) is 2.80. The van der Waals surface area contributed by atoms with Crippen LogP contribution in [0.4, 0.5) is 0 Å². The summed E-state index contributed by atoms with van der Waals surface area (Å²) in [6, 6.07) is 1.90. The van der Waals surface area contributed by atoms with Gasteiger partial charge in [-0.25, -0.2) is 0 Å². The van der Waals surface area contributed by atoms with E-state index in [1.54, 1.807) is 6.20 Å². The Labute approximate surface area is 64.0 Å². The Hall–Kier alpha value is -1.25. The fourth-order valence-corrected chi connectivity index (χ4v) is 1.31. The molecule has 0 aromatic carbocycles. The lowest BCUT2D eigenvalue weighted by Crippen LogP contribution is -2.06. The summed E-state index contributed by atoms with van der Waals surface area (Å²) in [6.07, 6.45) is 1.66. The highest BCUT2D eigenvalue weighted by Crippen LogP contribution is 2.28. The summed E-state index contributed by atoms with van der Waals surface area (Å²) >= 11 is 0. The molecule has 2 heterocycles. The third-order valence-electron chi connectivity index (χ3n) is 1.95. The van der Waals surface area contributed by atoms with E-state index in [2.05, 4.69) is 4.98 Å². The van der Waals surface area contributed by atoms with Crippen molar-refractivity contribution in [3.63, 3.8) is 0 Å². The Morgan fingerprint density at radius 1 is 1.73 bits per heavy atom. The van der Waals surface area contributed by atoms with Crippen molar-refractivity contribution in [2.75, 3.05) is 6.61 Å². The zero-order valence-corrected chi connectivity index (χ0v) is 6.26. The van der Waals surface area contributed by atoms with E-state index in [4.69, 9.17) is 4.74 Å². The predicted octanol–water partition coefficient (Wildman–Crippen LogP) is 0.871. The number of ether oxygens (including phenoxy) is 1. The molecule has 0 bridgehead atoms. The Morgan fingerprint density at radius 2 is 2.55 bits per heavy atom. The van der Waals surface area contributed by atoms with Crippen LogP contribution < -0.4 is 10.3 Å². The molecule has 1 unspecified atom stereocenters. The number of pyridine rings is 1. The van der Waals surface area contributed by atoms with Gasteiger partial charge in [-0.15, -0.1) is 0 Å². The maximum atomic E-state index is 11.1. The Morgan fingerprint density at radius 3 is 3.27 bits per heavy atom. The van der Waals surface area contributed by atoms with Gasteiger partial charge in [0.15, 0.2) is 5.75 Å². The molecule has 0 aliphatic carbocycles. The second-order valence-electron chi connectivity index (χ2n) is 2.80. The average Bonchev–Trinajstić information content (AvgIpc) is 2.35. The monoisotopic (exact) mass is 151 g/mol. The molecule has 2 rings (SSSR count). The van der Waals surface area contributed by atoms with Crippen molar-refractivity contribution >= 4 is 0 Å². The summed E-state index contributed by atoms with van der Waals surface area (Å²) in [4.78, 5) is 13.6. The Kier molecular flexibility index (Phi) is 1.24. The van der Waals surface area contributed by atoms with Gasteiger partial charge < -0.3 is 9.72 Å². The molecule has 58 valence electrons. The lowest BCUT2D eigenvalue weighted by atomic mass is 10.1. The van der Waals surface area contributed by atoms with Crippen molar-refractivity contribution in [3.05, 3.63) is 28.2 Å². The third kappa shape index (κ3) is 0.843. The van der Waals surface area contributed by atoms with Crippen molar-refractivity contribution in [3.8, 4) is 5.75 Å². The van der Waals surface area contributed by atoms with E-state index in [0.717, 1.165) is 5.56 Å². The molecule has 0 saturated heterocycles. The van der Waals surface area contributed by atoms with Crippen LogP contribution in [0.1, 0.15) is 18.4 Å². The highest BCUT2D eigenvalue weighted by Gasteiger charge is 2.21. The summed E-state index contributed by atoms with van der Waals surface area (Å²) < 4.78 is 5.20. The van der Waals surface area contributed by atoms with Gasteiger partial charge in [-0.3, -0.25) is 4.79 Å². The second kappa shape index (κ2) is 2.12. The Balaban J connectivity index is 2.66. The first kappa shape index (κ1) is 6.46. The predicted molar refractivity (Wildman–Crippen MR) is 41.0 cm³/mol. The number of hydrogen-bond donors (Lipinski definition) is 1. The van der Waals surface area contributed by atoms with Gasteiger partial charge in [0.25, 0.3) is 5.56 Å². The number of nitrogens with one attached hydrogen (secondary N) is 1. The Bertz CT molecular complexity index is 329. The molecule has 1 aliphatic heterocycles. The van der Waals surface area contributed by atoms with Gasteiger partial charge >= 0.3 is 0 Å². The molecular weight excluding hydrogens is 142 g/mol. The smallest absolute Gasteiger partial charge is 0.290 e. The standard InChI is InChI=1S/C8H9NO2/c1-5-4-11-7-6(5)2-3-9-8(7)10/h2-3,5H,4H2,1H3,(H,9,10). The van der Waals surface area contributed by atoms with E-state index in [9.17, 15) is 4.79 Å². The van der Waals surface area contributed by atoms with Crippen LogP contribution in [0, 0.1) is 0 Å². The molecule has 1 aromatic rings. The molecule has 11 heavy (non-hydrogen) atoms. The summed E-state index contributed by atoms with van der Waals surface area (Å²) in [5.41, 5.74) is 0.903. The van der Waals surface area contributed by atoms with Gasteiger partial charge in [0.05, 0.1) is 6.61 Å². The molecule has 0 spiro atoms. The zero-order valence-electron chi connectivity index (χ0n) is 6.26. The maximum Gasteiger partial charge on any atom is 0.290 e. The molecule has 0 radical (unpaired) electrons. The summed E-state index contributed by atoms with van der Waals surface area (Å²) in [7, 11) is 0. The van der Waals surface area contributed by atoms with E-state index in [1.807, 2.05) is 13.0 Å². The number of H-pyrrole nitrogens is 1. The highest BCUT2D eigenvalue weighted by atomic mass is 16.5. The largest absolute Gasteiger partial charge is 0.487 e. The minimum Gasteiger partial charge on any atom is -0.487 e. The maximum absolute atomic E-state index is 11.1. The quantitative estimate of drug-likeness (QED) is 0.597. The van der Waals surface area contributed by atoms with Gasteiger partial charge in [0.2, 0.25) is 0 Å². The summed E-state index contributed by atoms with van der Waals surface area (Å²) in [5, 5.41) is 0. The molecular formula is C8H9NO2. The first-order chi connectivity index (χ1) is 5.29. The molecule has 0 fully saturated rings. The molecule has 1 N–H and O–H groups in total. The molecule has 0 amide bonds. The van der Waals surface area contributed by atoms with E-state index >= 15 is 0 Å². The van der Waals surface area contributed by atoms with E-state index in [1.165, 1.54) is 0 Å². The summed E-state index contributed by atoms with van der Waals surface area (Å²) in [5.74, 6) is 0.854. The van der Waals surface area contributed by atoms with Crippen molar-refractivity contribution in [1.82, 2.24) is 4.98 Å². The van der Waals surface area contributed by atoms with Gasteiger partial charge in [-0.2, -0.15) is 0 Å². The van der Waals surface area contributed by atoms with Crippen LogP contribution in [-0.4, -0.2) is 11.6 Å². The van der Waals surface area contributed by atoms with Gasteiger partial charge in [0.1, 0.15) is 0 Å². The van der Waals surface area contributed by atoms with E-state index in [-0.39, 0.29) is 5.56 Å². The minimum absolute atomic E-state index is 0.119. The fraction of sp³-hybridized carbons (Fsp3) is 0.375. The zero-order chi connectivity index (χ0) is 7.84. The lowest BCUT2D eigenvalue weighted by Gasteiger charge is -1.96. The van der Waals surface area contributed by atoms with Crippen LogP contribution in [0.15, 0.2) is 17.1 Å². The average molecular weight is 151 g/mol. The van der Waals surface area contributed by atoms with Crippen LogP contribution in [0.25, 0.3) is 0 Å². The molecule has 0 saturated carbocycles. The number of aromatic amines is 1. The van der Waals surface area contributed by atoms with Crippen molar-refractivity contribution < 1.29 is 4.74 Å². The fourth-order valence-electron chi connectivity index (χ4n) is 1.31. The van der Waals surface area contributed by atoms with E-state index < -0.39 is 0 Å². The molecule has 1 aliphatic rings. The van der Waals surface area contributed by atoms with E-state index in [0.29, 0.717) is 18.3 Å². The van der Waals surface area contributed by atoms with Crippen LogP contribution in [0.5, 0.6) is 5.75 Å². The highest BCUT2D eigenvalue weighted by molar-refractivity contribution is 5.36. The van der Waals surface area contributed by atoms with Crippen LogP contribution in [0.2, 0.25) is 0 Å². The molecule has 3 heteroatoms. The molecule has 3 nitrogen and oxygen atoms in total. The first-order valence-electron chi connectivity index (χ1n) is 3.63. The first-order valence-corrected chi connectivity index (χ1v) is 3.63. The van der Waals surface area contributed by atoms with Crippen molar-refractivity contribution in [1.29, 1.82) is 0 Å². The lowest BCUT2D eigenvalue weighted by molar-refractivity contribution is 0.334. The van der Waals surface area contributed by atoms with Crippen LogP contribution in [0.3, 0.4) is 0 Å². The van der Waals surface area contributed by atoms with Crippen LogP contribution >= 0.6 is 0 Å². The number of hydrogen-bond acceptors (Lipinski definition) is 2. The number of aromatic nitrogens is 1. The van der Waals surface area contributed by atoms with Crippen LogP contribution in [-0.2, 0) is 0 Å². The summed E-state index contributed by atoms with van der Waals surface area (Å²) in [6.45, 7) is 2.67. The topological polar surface area (TPSA) is 42.1 Å². The minimum atomic E-state index is -0.119. The molecule has 1 aromatic heterocycles. The number of fused-ring (bicyclic) bond motifs is 1. The molecule has 1 atom stereocenters. The number of rotatable bonds is 0. The SMILES string of the molecule is CC1COc2c1cc[nH]c2=O. The van der Waals surface area contributed by atoms with Gasteiger partial charge in [-0.05, 0) is 6.07 Å². The van der Waals surface area contributed by atoms with Gasteiger partial charge in [-0.1, -0.05) is 6.92 Å². The van der Waals surface area contributed by atoms with Crippen molar-refractivity contribution in [2.45, 2.75) is 12.8 Å². The third-order valence-corrected chi connectivity index (χ3v) is 1.95. The normalized spacial score (nSPS) is 21.0. The van der Waals surface area contributed by atoms with Crippen molar-refractivity contribution in [2.24, 2.45) is 0 Å².